The molecule has 0 radical (unpaired) electrons. The first-order valence-corrected chi connectivity index (χ1v) is 14.7. The number of carbonyl (C=O) groups excluding carboxylic acids is 1. The Balaban J connectivity index is 1.31. The van der Waals surface area contributed by atoms with Crippen molar-refractivity contribution in [3.8, 4) is 28.7 Å². The van der Waals surface area contributed by atoms with Crippen LogP contribution >= 0.6 is 11.6 Å². The number of hydrogen-bond donors (Lipinski definition) is 2. The van der Waals surface area contributed by atoms with E-state index in [4.69, 9.17) is 16.3 Å². The highest BCUT2D eigenvalue weighted by atomic mass is 35.5. The first kappa shape index (κ1) is 29.1. The molecule has 2 saturated heterocycles. The molecule has 2 aliphatic rings. The molecule has 2 aromatic carbocycles. The monoisotopic (exact) mass is 571 g/mol. The number of halogens is 1. The molecule has 41 heavy (non-hydrogen) atoms. The average Bonchev–Trinajstić information content (AvgIpc) is 2.93. The van der Waals surface area contributed by atoms with Crippen LogP contribution in [0.5, 0.6) is 11.5 Å². The van der Waals surface area contributed by atoms with Crippen LogP contribution in [0, 0.1) is 17.2 Å². The predicted molar refractivity (Wildman–Crippen MR) is 164 cm³/mol. The van der Waals surface area contributed by atoms with Gasteiger partial charge in [0.15, 0.2) is 5.78 Å². The van der Waals surface area contributed by atoms with Gasteiger partial charge in [-0.1, -0.05) is 23.7 Å². The smallest absolute Gasteiger partial charge is 0.163 e. The number of anilines is 1. The van der Waals surface area contributed by atoms with Crippen molar-refractivity contribution in [2.45, 2.75) is 58.0 Å². The third-order valence-electron chi connectivity index (χ3n) is 7.86. The van der Waals surface area contributed by atoms with Crippen molar-refractivity contribution in [3.63, 3.8) is 0 Å². The van der Waals surface area contributed by atoms with Crippen LogP contribution in [0.1, 0.15) is 62.9 Å². The van der Waals surface area contributed by atoms with Crippen LogP contribution in [-0.2, 0) is 0 Å². The molecule has 3 heterocycles. The highest BCUT2D eigenvalue weighted by Gasteiger charge is 2.38. The minimum Gasteiger partial charge on any atom is -0.454 e. The molecule has 2 N–H and O–H groups in total. The minimum atomic E-state index is -0.0157. The number of rotatable bonds is 7. The summed E-state index contributed by atoms with van der Waals surface area (Å²) < 4.78 is 6.14. The van der Waals surface area contributed by atoms with E-state index in [1.807, 2.05) is 24.3 Å². The Bertz CT molecular complexity index is 1440. The molecule has 2 aliphatic heterocycles. The van der Waals surface area contributed by atoms with E-state index in [9.17, 15) is 10.1 Å². The van der Waals surface area contributed by atoms with Gasteiger partial charge in [-0.15, -0.1) is 0 Å². The largest absolute Gasteiger partial charge is 0.454 e. The van der Waals surface area contributed by atoms with E-state index in [1.165, 1.54) is 0 Å². The second kappa shape index (κ2) is 11.8. The zero-order chi connectivity index (χ0) is 29.2. The van der Waals surface area contributed by atoms with Gasteiger partial charge in [-0.25, -0.2) is 4.98 Å². The van der Waals surface area contributed by atoms with E-state index in [-0.39, 0.29) is 16.9 Å². The number of benzene rings is 2. The third kappa shape index (κ3) is 6.90. The fourth-order valence-corrected chi connectivity index (χ4v) is 6.75. The zero-order valence-electron chi connectivity index (χ0n) is 24.3. The molecule has 5 rings (SSSR count). The van der Waals surface area contributed by atoms with E-state index in [0.717, 1.165) is 56.0 Å². The summed E-state index contributed by atoms with van der Waals surface area (Å²) in [6.07, 6.45) is 4.17. The number of ketones is 1. The Morgan fingerprint density at radius 2 is 1.80 bits per heavy atom. The molecule has 7 nitrogen and oxygen atoms in total. The number of nitrogens with zero attached hydrogens (tertiary/aromatic N) is 3. The first-order chi connectivity index (χ1) is 19.5. The maximum absolute atomic E-state index is 13.2. The highest BCUT2D eigenvalue weighted by Crippen LogP contribution is 2.38. The average molecular weight is 572 g/mol. The molecule has 8 heteroatoms. The van der Waals surface area contributed by atoms with E-state index in [0.29, 0.717) is 40.0 Å². The number of Topliss-reactive ketones (excluding diaryl/α,β-unsaturated/α-hetero) is 1. The number of nitriles is 1. The molecule has 0 atom stereocenters. The van der Waals surface area contributed by atoms with Gasteiger partial charge >= 0.3 is 0 Å². The summed E-state index contributed by atoms with van der Waals surface area (Å²) in [5, 5.41) is 17.4. The topological polar surface area (TPSA) is 90.3 Å². The van der Waals surface area contributed by atoms with Crippen LogP contribution in [0.3, 0.4) is 0 Å². The first-order valence-electron chi connectivity index (χ1n) is 14.3. The second-order valence-corrected chi connectivity index (χ2v) is 12.9. The summed E-state index contributed by atoms with van der Waals surface area (Å²) >= 11 is 6.61. The summed E-state index contributed by atoms with van der Waals surface area (Å²) in [5.41, 5.74) is 2.51. The van der Waals surface area contributed by atoms with Crippen molar-refractivity contribution >= 4 is 23.2 Å². The van der Waals surface area contributed by atoms with Gasteiger partial charge in [-0.2, -0.15) is 5.26 Å². The number of ether oxygens (including phenoxy) is 1. The Kier molecular flexibility index (Phi) is 8.37. The Morgan fingerprint density at radius 1 is 1.07 bits per heavy atom. The van der Waals surface area contributed by atoms with Gasteiger partial charge in [0.1, 0.15) is 28.9 Å². The molecule has 2 fully saturated rings. The Morgan fingerprint density at radius 3 is 2.44 bits per heavy atom. The van der Waals surface area contributed by atoms with Crippen LogP contribution in [0.2, 0.25) is 5.02 Å². The Hall–Kier alpha value is -3.44. The standard InChI is InChI=1S/C33H38ClN5O2/c1-32(2)18-22(19-33(3,4)38-32)16-28(40)23-8-10-30(27(34)17-23)41-29-7-5-6-25(26(29)20-35)24-9-11-31(37-21-24)39-14-12-36-13-15-39/h5-11,17,21-22,36,38H,12-16,18-19H2,1-4H3. The molecular weight excluding hydrogens is 534 g/mol. The zero-order valence-corrected chi connectivity index (χ0v) is 25.0. The molecule has 1 aromatic heterocycles. The second-order valence-electron chi connectivity index (χ2n) is 12.5. The van der Waals surface area contributed by atoms with Crippen molar-refractivity contribution in [1.82, 2.24) is 15.6 Å². The number of piperazine rings is 1. The quantitative estimate of drug-likeness (QED) is 0.308. The molecule has 0 bridgehead atoms. The molecule has 0 aliphatic carbocycles. The SMILES string of the molecule is CC1(C)CC(CC(=O)c2ccc(Oc3cccc(-c4ccc(N5CCNCC5)nc4)c3C#N)c(Cl)c2)CC(C)(C)N1. The number of carbonyl (C=O) groups is 1. The number of hydrogen-bond acceptors (Lipinski definition) is 7. The maximum atomic E-state index is 13.2. The van der Waals surface area contributed by atoms with Crippen molar-refractivity contribution in [3.05, 3.63) is 70.9 Å². The summed E-state index contributed by atoms with van der Waals surface area (Å²) in [6, 6.07) is 16.9. The normalized spacial score (nSPS) is 18.5. The maximum Gasteiger partial charge on any atom is 0.163 e. The Labute approximate surface area is 247 Å². The lowest BCUT2D eigenvalue weighted by molar-refractivity contribution is 0.0864. The lowest BCUT2D eigenvalue weighted by Gasteiger charge is -2.46. The number of piperidine rings is 1. The predicted octanol–water partition coefficient (Wildman–Crippen LogP) is 6.61. The van der Waals surface area contributed by atoms with Gasteiger partial charge < -0.3 is 20.3 Å². The van der Waals surface area contributed by atoms with Crippen molar-refractivity contribution in [2.24, 2.45) is 5.92 Å². The van der Waals surface area contributed by atoms with E-state index in [2.05, 4.69) is 54.3 Å². The van der Waals surface area contributed by atoms with Crippen LogP contribution in [0.4, 0.5) is 5.82 Å². The molecule has 0 spiro atoms. The van der Waals surface area contributed by atoms with Gasteiger partial charge in [0.05, 0.1) is 5.02 Å². The fraction of sp³-hybridized carbons (Fsp3) is 0.424. The summed E-state index contributed by atoms with van der Waals surface area (Å²) in [6.45, 7) is 12.5. The van der Waals surface area contributed by atoms with E-state index < -0.39 is 0 Å². The molecular formula is C33H38ClN5O2. The summed E-state index contributed by atoms with van der Waals surface area (Å²) in [7, 11) is 0. The van der Waals surface area contributed by atoms with Crippen molar-refractivity contribution < 1.29 is 9.53 Å². The van der Waals surface area contributed by atoms with E-state index >= 15 is 0 Å². The minimum absolute atomic E-state index is 0.0157. The molecule has 0 unspecified atom stereocenters. The van der Waals surface area contributed by atoms with Crippen LogP contribution in [0.15, 0.2) is 54.7 Å². The molecule has 0 amide bonds. The van der Waals surface area contributed by atoms with Gasteiger partial charge in [0.2, 0.25) is 0 Å². The van der Waals surface area contributed by atoms with Crippen LogP contribution in [-0.4, -0.2) is 48.0 Å². The van der Waals surface area contributed by atoms with Gasteiger partial charge in [-0.05, 0) is 82.9 Å². The van der Waals surface area contributed by atoms with E-state index in [1.54, 1.807) is 30.5 Å². The molecule has 214 valence electrons. The van der Waals surface area contributed by atoms with Crippen molar-refractivity contribution in [2.75, 3.05) is 31.1 Å². The molecule has 3 aromatic rings. The van der Waals surface area contributed by atoms with Gasteiger partial charge in [0.25, 0.3) is 0 Å². The van der Waals surface area contributed by atoms with Crippen LogP contribution in [0.25, 0.3) is 11.1 Å². The molecule has 0 saturated carbocycles. The van der Waals surface area contributed by atoms with Crippen LogP contribution < -0.4 is 20.3 Å². The van der Waals surface area contributed by atoms with Crippen molar-refractivity contribution in [1.29, 1.82) is 5.26 Å². The lowest BCUT2D eigenvalue weighted by atomic mass is 9.74. The fourth-order valence-electron chi connectivity index (χ4n) is 6.53. The summed E-state index contributed by atoms with van der Waals surface area (Å²) in [5.74, 6) is 2.10. The summed E-state index contributed by atoms with van der Waals surface area (Å²) in [4.78, 5) is 20.1. The number of pyridine rings is 1. The third-order valence-corrected chi connectivity index (χ3v) is 8.16. The lowest BCUT2D eigenvalue weighted by Crippen LogP contribution is -2.57. The number of aromatic nitrogens is 1. The van der Waals surface area contributed by atoms with Gasteiger partial charge in [-0.3, -0.25) is 4.79 Å². The highest BCUT2D eigenvalue weighted by molar-refractivity contribution is 6.32. The van der Waals surface area contributed by atoms with Gasteiger partial charge in [0, 0.05) is 66.6 Å². The number of nitrogens with one attached hydrogen (secondary N) is 2.